The first-order chi connectivity index (χ1) is 7.32. The molecule has 0 N–H and O–H groups in total. The molecule has 0 heterocycles. The van der Waals surface area contributed by atoms with E-state index in [1.807, 2.05) is 0 Å². The molecule has 1 aromatic carbocycles. The Morgan fingerprint density at radius 1 is 1.00 bits per heavy atom. The number of hydrogen-bond donors (Lipinski definition) is 0. The van der Waals surface area contributed by atoms with Gasteiger partial charge in [-0.05, 0) is 42.2 Å². The van der Waals surface area contributed by atoms with Crippen LogP contribution in [-0.4, -0.2) is 0 Å². The first kappa shape index (κ1) is 7.50. The van der Waals surface area contributed by atoms with Crippen LogP contribution in [-0.2, 0) is 12.8 Å². The van der Waals surface area contributed by atoms with Crippen LogP contribution in [0, 0.1) is 5.41 Å². The molecule has 14 heavy (non-hydrogen) atoms. The van der Waals surface area contributed by atoms with Crippen LogP contribution in [0.5, 0.6) is 0 Å². The van der Waals surface area contributed by atoms with E-state index in [0.29, 0.717) is 5.41 Å². The molecule has 0 radical (unpaired) electrons. The maximum absolute atomic E-state index is 8.46. The van der Waals surface area contributed by atoms with Crippen LogP contribution < -0.4 is 0 Å². The molecular weight excluding hydrogens is 168 g/mol. The normalized spacial score (nSPS) is 30.0. The molecule has 0 nitrogen and oxygen atoms in total. The maximum atomic E-state index is 8.46. The van der Waals surface area contributed by atoms with E-state index in [4.69, 9.17) is 1.37 Å². The molecule has 0 heteroatoms. The summed E-state index contributed by atoms with van der Waals surface area (Å²) in [7, 11) is 0. The number of benzene rings is 1. The topological polar surface area (TPSA) is 0 Å². The van der Waals surface area contributed by atoms with E-state index in [0.717, 1.165) is 6.42 Å². The molecular formula is C14H18. The van der Waals surface area contributed by atoms with Gasteiger partial charge in [0.25, 0.3) is 0 Å². The van der Waals surface area contributed by atoms with Crippen molar-refractivity contribution >= 4 is 0 Å². The third-order valence-electron chi connectivity index (χ3n) is 3.91. The van der Waals surface area contributed by atoms with Crippen LogP contribution in [0.2, 0.25) is 0 Å². The van der Waals surface area contributed by atoms with Crippen molar-refractivity contribution in [2.75, 3.05) is 0 Å². The van der Waals surface area contributed by atoms with Crippen molar-refractivity contribution in [3.8, 4) is 0 Å². The minimum absolute atomic E-state index is 0.0500. The fourth-order valence-electron chi connectivity index (χ4n) is 3.17. The quantitative estimate of drug-likeness (QED) is 0.580. The lowest BCUT2D eigenvalue weighted by Gasteiger charge is -2.33. The van der Waals surface area contributed by atoms with Crippen molar-refractivity contribution in [1.29, 1.82) is 0 Å². The highest BCUT2D eigenvalue weighted by Gasteiger charge is 2.37. The molecule has 1 atom stereocenters. The summed E-state index contributed by atoms with van der Waals surface area (Å²) >= 11 is 0. The van der Waals surface area contributed by atoms with Crippen LogP contribution >= 0.6 is 0 Å². The highest BCUT2D eigenvalue weighted by atomic mass is 14.4. The second-order valence-electron chi connectivity index (χ2n) is 4.94. The smallest absolute Gasteiger partial charge is 0.0322 e. The zero-order valence-electron chi connectivity index (χ0n) is 9.63. The first-order valence-corrected chi connectivity index (χ1v) is 5.82. The van der Waals surface area contributed by atoms with E-state index in [2.05, 4.69) is 24.3 Å². The zero-order valence-corrected chi connectivity index (χ0v) is 8.63. The van der Waals surface area contributed by atoms with Gasteiger partial charge < -0.3 is 0 Å². The van der Waals surface area contributed by atoms with Crippen LogP contribution in [0.4, 0.5) is 0 Å². The monoisotopic (exact) mass is 187 g/mol. The lowest BCUT2D eigenvalue weighted by Crippen LogP contribution is -2.24. The highest BCUT2D eigenvalue weighted by Crippen LogP contribution is 2.46. The molecule has 0 amide bonds. The van der Waals surface area contributed by atoms with Crippen LogP contribution in [0.25, 0.3) is 0 Å². The van der Waals surface area contributed by atoms with Gasteiger partial charge in [-0.25, -0.2) is 0 Å². The van der Waals surface area contributed by atoms with Gasteiger partial charge >= 0.3 is 0 Å². The summed E-state index contributed by atoms with van der Waals surface area (Å²) in [5.74, 6) is 0. The number of hydrogen-bond acceptors (Lipinski definition) is 0. The average molecular weight is 187 g/mol. The average Bonchev–Trinajstić information content (AvgIpc) is 2.54. The van der Waals surface area contributed by atoms with Crippen molar-refractivity contribution in [2.45, 2.75) is 44.9 Å². The summed E-state index contributed by atoms with van der Waals surface area (Å²) in [6.07, 6.45) is 7.81. The van der Waals surface area contributed by atoms with Crippen molar-refractivity contribution in [2.24, 2.45) is 5.41 Å². The highest BCUT2D eigenvalue weighted by molar-refractivity contribution is 5.34. The van der Waals surface area contributed by atoms with Crippen molar-refractivity contribution in [3.63, 3.8) is 0 Å². The Labute approximate surface area is 87.7 Å². The zero-order chi connectivity index (χ0) is 10.3. The fourth-order valence-corrected chi connectivity index (χ4v) is 3.17. The van der Waals surface area contributed by atoms with Gasteiger partial charge in [-0.2, -0.15) is 0 Å². The molecule has 1 spiro atoms. The van der Waals surface area contributed by atoms with Gasteiger partial charge in [0.1, 0.15) is 0 Å². The van der Waals surface area contributed by atoms with Crippen molar-refractivity contribution in [3.05, 3.63) is 35.4 Å². The Hall–Kier alpha value is -0.780. The van der Waals surface area contributed by atoms with Crippen LogP contribution in [0.1, 0.15) is 44.6 Å². The van der Waals surface area contributed by atoms with E-state index < -0.39 is 0 Å². The Balaban J connectivity index is 1.98. The van der Waals surface area contributed by atoms with Gasteiger partial charge in [-0.15, -0.1) is 0 Å². The summed E-state index contributed by atoms with van der Waals surface area (Å²) < 4.78 is 8.46. The van der Waals surface area contributed by atoms with Gasteiger partial charge in [-0.1, -0.05) is 43.5 Å². The van der Waals surface area contributed by atoms with E-state index in [1.54, 1.807) is 0 Å². The van der Waals surface area contributed by atoms with Crippen LogP contribution in [0.15, 0.2) is 24.3 Å². The van der Waals surface area contributed by atoms with Crippen molar-refractivity contribution < 1.29 is 1.37 Å². The van der Waals surface area contributed by atoms with Gasteiger partial charge in [0, 0.05) is 1.37 Å². The minimum atomic E-state index is 0.0500. The molecule has 0 aromatic heterocycles. The number of rotatable bonds is 0. The van der Waals surface area contributed by atoms with Gasteiger partial charge in [-0.3, -0.25) is 0 Å². The standard InChI is InChI=1S/C14H18/c1-4-8-14(9-5-1)10-12-6-2-3-7-13(12)11-14/h2-3,6-7H,1,4-5,8-11H2/i10D. The summed E-state index contributed by atoms with van der Waals surface area (Å²) in [6.45, 7) is 0. The summed E-state index contributed by atoms with van der Waals surface area (Å²) in [5.41, 5.74) is 3.06. The molecule has 1 unspecified atom stereocenters. The molecule has 1 fully saturated rings. The van der Waals surface area contributed by atoms with E-state index in [-0.39, 0.29) is 6.40 Å². The lowest BCUT2D eigenvalue weighted by atomic mass is 9.72. The van der Waals surface area contributed by atoms with Gasteiger partial charge in [0.05, 0.1) is 0 Å². The summed E-state index contributed by atoms with van der Waals surface area (Å²) in [5, 5.41) is 0. The molecule has 0 saturated heterocycles. The van der Waals surface area contributed by atoms with E-state index in [1.165, 1.54) is 43.2 Å². The third-order valence-corrected chi connectivity index (χ3v) is 3.91. The maximum Gasteiger partial charge on any atom is 0.0322 e. The molecule has 1 saturated carbocycles. The van der Waals surface area contributed by atoms with E-state index in [9.17, 15) is 0 Å². The molecule has 3 rings (SSSR count). The Kier molecular flexibility index (Phi) is 1.67. The molecule has 2 aliphatic rings. The number of fused-ring (bicyclic) bond motifs is 1. The molecule has 0 aliphatic heterocycles. The predicted molar refractivity (Wildman–Crippen MR) is 59.4 cm³/mol. The molecule has 2 aliphatic carbocycles. The largest absolute Gasteiger partial charge is 0.0620 e. The van der Waals surface area contributed by atoms with Crippen LogP contribution in [0.3, 0.4) is 0 Å². The Morgan fingerprint density at radius 2 is 1.71 bits per heavy atom. The Morgan fingerprint density at radius 3 is 2.43 bits per heavy atom. The SMILES string of the molecule is [2H]C1c2ccccc2CC12CCCCC2. The molecule has 74 valence electrons. The lowest BCUT2D eigenvalue weighted by molar-refractivity contribution is 0.203. The minimum Gasteiger partial charge on any atom is -0.0620 e. The van der Waals surface area contributed by atoms with Gasteiger partial charge in [0.2, 0.25) is 0 Å². The Bertz CT molecular complexity index is 363. The second kappa shape index (κ2) is 3.12. The van der Waals surface area contributed by atoms with Gasteiger partial charge in [0.15, 0.2) is 0 Å². The fraction of sp³-hybridized carbons (Fsp3) is 0.571. The molecule has 1 aromatic rings. The predicted octanol–water partition coefficient (Wildman–Crippen LogP) is 3.74. The third kappa shape index (κ3) is 1.28. The van der Waals surface area contributed by atoms with E-state index >= 15 is 0 Å². The first-order valence-electron chi connectivity index (χ1n) is 6.40. The van der Waals surface area contributed by atoms with Crippen molar-refractivity contribution in [1.82, 2.24) is 0 Å². The summed E-state index contributed by atoms with van der Waals surface area (Å²) in [6, 6.07) is 8.59. The second-order valence-corrected chi connectivity index (χ2v) is 4.94. The molecule has 0 bridgehead atoms. The summed E-state index contributed by atoms with van der Waals surface area (Å²) in [4.78, 5) is 0.